The third kappa shape index (κ3) is 3.44. The van der Waals surface area contributed by atoms with Gasteiger partial charge in [0.2, 0.25) is 6.54 Å². The quantitative estimate of drug-likeness (QED) is 0.511. The van der Waals surface area contributed by atoms with E-state index < -0.39 is 17.6 Å². The van der Waals surface area contributed by atoms with E-state index in [4.69, 9.17) is 23.2 Å². The normalized spacial score (nSPS) is 12.5. The number of halogens is 3. The van der Waals surface area contributed by atoms with Crippen LogP contribution in [-0.2, 0) is 0 Å². The Morgan fingerprint density at radius 2 is 1.93 bits per heavy atom. The van der Waals surface area contributed by atoms with Crippen molar-refractivity contribution in [2.45, 2.75) is 6.10 Å². The summed E-state index contributed by atoms with van der Waals surface area (Å²) >= 11 is 13.7. The number of hydrogen-bond acceptors (Lipinski definition) is 3. The van der Waals surface area contributed by atoms with Crippen LogP contribution in [0.15, 0.2) is 12.1 Å². The first-order valence-corrected chi connectivity index (χ1v) is 5.69. The standard InChI is InChI=1S/C8H6Cl2INO3/c9-5-1-4(11)2-6(10)8(5)7(13)3-12(14)15/h1-2,7,13H,3H2/t7-/m1/s1. The molecule has 1 atom stereocenters. The highest BCUT2D eigenvalue weighted by Crippen LogP contribution is 2.32. The molecule has 0 amide bonds. The number of hydrogen-bond donors (Lipinski definition) is 1. The average molecular weight is 362 g/mol. The Hall–Kier alpha value is -0.110. The molecule has 4 nitrogen and oxygen atoms in total. The lowest BCUT2D eigenvalue weighted by Crippen LogP contribution is -2.12. The van der Waals surface area contributed by atoms with Crippen molar-refractivity contribution in [2.75, 3.05) is 6.54 Å². The fraction of sp³-hybridized carbons (Fsp3) is 0.250. The van der Waals surface area contributed by atoms with Crippen molar-refractivity contribution in [3.63, 3.8) is 0 Å². The minimum Gasteiger partial charge on any atom is -0.381 e. The minimum absolute atomic E-state index is 0.204. The van der Waals surface area contributed by atoms with Gasteiger partial charge in [-0.2, -0.15) is 0 Å². The zero-order valence-electron chi connectivity index (χ0n) is 7.28. The van der Waals surface area contributed by atoms with Crippen LogP contribution < -0.4 is 0 Å². The lowest BCUT2D eigenvalue weighted by atomic mass is 10.1. The monoisotopic (exact) mass is 361 g/mol. The topological polar surface area (TPSA) is 63.4 Å². The number of nitro groups is 1. The van der Waals surface area contributed by atoms with Gasteiger partial charge in [0.25, 0.3) is 0 Å². The number of nitrogens with zero attached hydrogens (tertiary/aromatic N) is 1. The van der Waals surface area contributed by atoms with Gasteiger partial charge in [-0.1, -0.05) is 23.2 Å². The Labute approximate surface area is 109 Å². The van der Waals surface area contributed by atoms with E-state index in [2.05, 4.69) is 0 Å². The van der Waals surface area contributed by atoms with Crippen LogP contribution in [0.2, 0.25) is 10.0 Å². The summed E-state index contributed by atoms with van der Waals surface area (Å²) in [5.74, 6) is 0. The average Bonchev–Trinajstić information content (AvgIpc) is 1.99. The zero-order valence-corrected chi connectivity index (χ0v) is 11.0. The smallest absolute Gasteiger partial charge is 0.233 e. The molecule has 1 N–H and O–H groups in total. The van der Waals surface area contributed by atoms with Gasteiger partial charge < -0.3 is 5.11 Å². The number of benzene rings is 1. The molecular weight excluding hydrogens is 356 g/mol. The van der Waals surface area contributed by atoms with E-state index in [1.54, 1.807) is 12.1 Å². The third-order valence-electron chi connectivity index (χ3n) is 1.70. The molecule has 0 radical (unpaired) electrons. The predicted molar refractivity (Wildman–Crippen MR) is 66.0 cm³/mol. The Bertz CT molecular complexity index is 376. The SMILES string of the molecule is O=[N+]([O-])C[C@@H](O)c1c(Cl)cc(I)cc1Cl. The van der Waals surface area contributed by atoms with Gasteiger partial charge in [-0.25, -0.2) is 0 Å². The van der Waals surface area contributed by atoms with Crippen LogP contribution in [0.25, 0.3) is 0 Å². The van der Waals surface area contributed by atoms with Crippen molar-refractivity contribution in [2.24, 2.45) is 0 Å². The molecule has 0 saturated carbocycles. The Morgan fingerprint density at radius 3 is 2.33 bits per heavy atom. The molecule has 1 aromatic carbocycles. The zero-order chi connectivity index (χ0) is 11.6. The van der Waals surface area contributed by atoms with Crippen LogP contribution in [-0.4, -0.2) is 16.6 Å². The maximum Gasteiger partial charge on any atom is 0.233 e. The minimum atomic E-state index is -1.28. The van der Waals surface area contributed by atoms with Crippen molar-refractivity contribution >= 4 is 45.8 Å². The van der Waals surface area contributed by atoms with Gasteiger partial charge >= 0.3 is 0 Å². The summed E-state index contributed by atoms with van der Waals surface area (Å²) in [4.78, 5) is 9.61. The Kier molecular flexibility index (Phi) is 4.57. The van der Waals surface area contributed by atoms with E-state index in [1.165, 1.54) is 0 Å². The van der Waals surface area contributed by atoms with Gasteiger partial charge in [-0.15, -0.1) is 0 Å². The first-order valence-electron chi connectivity index (χ1n) is 3.86. The van der Waals surface area contributed by atoms with Gasteiger partial charge in [0.1, 0.15) is 6.10 Å². The van der Waals surface area contributed by atoms with Gasteiger partial charge in [-0.05, 0) is 34.7 Å². The molecular formula is C8H6Cl2INO3. The molecule has 0 unspecified atom stereocenters. The van der Waals surface area contributed by atoms with Gasteiger partial charge in [0, 0.05) is 24.1 Å². The second-order valence-electron chi connectivity index (χ2n) is 2.81. The molecule has 0 aliphatic heterocycles. The first-order chi connectivity index (χ1) is 6.91. The molecule has 0 aromatic heterocycles. The molecule has 1 aromatic rings. The summed E-state index contributed by atoms with van der Waals surface area (Å²) in [6, 6.07) is 3.18. The van der Waals surface area contributed by atoms with Crippen LogP contribution in [0.5, 0.6) is 0 Å². The van der Waals surface area contributed by atoms with Crippen molar-refractivity contribution in [3.8, 4) is 0 Å². The van der Waals surface area contributed by atoms with E-state index in [-0.39, 0.29) is 15.6 Å². The molecule has 15 heavy (non-hydrogen) atoms. The van der Waals surface area contributed by atoms with Crippen LogP contribution in [0.1, 0.15) is 11.7 Å². The van der Waals surface area contributed by atoms with Crippen LogP contribution in [0, 0.1) is 13.7 Å². The second-order valence-corrected chi connectivity index (χ2v) is 4.87. The van der Waals surface area contributed by atoms with Crippen LogP contribution in [0.4, 0.5) is 0 Å². The Morgan fingerprint density at radius 1 is 1.47 bits per heavy atom. The largest absolute Gasteiger partial charge is 0.381 e. The van der Waals surface area contributed by atoms with E-state index >= 15 is 0 Å². The summed E-state index contributed by atoms with van der Waals surface area (Å²) in [5, 5.41) is 20.2. The predicted octanol–water partition coefficient (Wildman–Crippen LogP) is 2.91. The highest BCUT2D eigenvalue weighted by atomic mass is 127. The highest BCUT2D eigenvalue weighted by Gasteiger charge is 2.20. The fourth-order valence-electron chi connectivity index (χ4n) is 1.10. The van der Waals surface area contributed by atoms with Crippen LogP contribution in [0.3, 0.4) is 0 Å². The fourth-order valence-corrected chi connectivity index (χ4v) is 2.83. The maximum absolute atomic E-state index is 10.2. The highest BCUT2D eigenvalue weighted by molar-refractivity contribution is 14.1. The number of aliphatic hydroxyl groups is 1. The summed E-state index contributed by atoms with van der Waals surface area (Å²) < 4.78 is 0.805. The maximum atomic E-state index is 10.2. The number of rotatable bonds is 3. The number of aliphatic hydroxyl groups excluding tert-OH is 1. The van der Waals surface area contributed by atoms with Crippen molar-refractivity contribution in [1.82, 2.24) is 0 Å². The molecule has 1 rings (SSSR count). The molecule has 0 aliphatic rings. The molecule has 0 fully saturated rings. The van der Waals surface area contributed by atoms with Crippen molar-refractivity contribution < 1.29 is 10.0 Å². The van der Waals surface area contributed by atoms with Crippen molar-refractivity contribution in [3.05, 3.63) is 41.4 Å². The van der Waals surface area contributed by atoms with E-state index in [0.717, 1.165) is 3.57 Å². The summed E-state index contributed by atoms with van der Waals surface area (Å²) in [6.45, 7) is -0.611. The summed E-state index contributed by atoms with van der Waals surface area (Å²) in [5.41, 5.74) is 0.204. The van der Waals surface area contributed by atoms with E-state index in [1.807, 2.05) is 22.6 Å². The van der Waals surface area contributed by atoms with Gasteiger partial charge in [-0.3, -0.25) is 10.1 Å². The summed E-state index contributed by atoms with van der Waals surface area (Å²) in [6.07, 6.45) is -1.28. The van der Waals surface area contributed by atoms with E-state index in [0.29, 0.717) is 0 Å². The second kappa shape index (κ2) is 5.29. The molecule has 0 heterocycles. The molecule has 82 valence electrons. The lowest BCUT2D eigenvalue weighted by Gasteiger charge is -2.11. The third-order valence-corrected chi connectivity index (χ3v) is 2.95. The van der Waals surface area contributed by atoms with Gasteiger partial charge in [0.15, 0.2) is 0 Å². The lowest BCUT2D eigenvalue weighted by molar-refractivity contribution is -0.491. The molecule has 0 saturated heterocycles. The van der Waals surface area contributed by atoms with Gasteiger partial charge in [0.05, 0.1) is 0 Å². The Balaban J connectivity index is 3.08. The molecule has 0 aliphatic carbocycles. The molecule has 0 bridgehead atoms. The van der Waals surface area contributed by atoms with E-state index in [9.17, 15) is 15.2 Å². The van der Waals surface area contributed by atoms with Crippen LogP contribution >= 0.6 is 45.8 Å². The molecule has 7 heteroatoms. The first kappa shape index (κ1) is 13.0. The van der Waals surface area contributed by atoms with Crippen molar-refractivity contribution in [1.29, 1.82) is 0 Å². The molecule has 0 spiro atoms. The summed E-state index contributed by atoms with van der Waals surface area (Å²) in [7, 11) is 0.